The number of halogens is 1. The largest absolute Gasteiger partial charge is 0.241 e. The second-order valence-corrected chi connectivity index (χ2v) is 5.66. The molecule has 0 N–H and O–H groups in total. The van der Waals surface area contributed by atoms with E-state index < -0.39 is 14.8 Å². The Labute approximate surface area is 81.9 Å². The van der Waals surface area contributed by atoms with Crippen LogP contribution in [0.1, 0.15) is 18.5 Å². The first-order valence-electron chi connectivity index (χ1n) is 4.33. The van der Waals surface area contributed by atoms with Gasteiger partial charge in [0.05, 0.1) is 0 Å². The molecule has 0 aliphatic heterocycles. The van der Waals surface area contributed by atoms with Gasteiger partial charge >= 0.3 is 0 Å². The van der Waals surface area contributed by atoms with Gasteiger partial charge in [-0.2, -0.15) is 0 Å². The SMILES string of the molecule is Cc1cccc(S(=O)(=O)C2(F)CC2)n1. The summed E-state index contributed by atoms with van der Waals surface area (Å²) in [7, 11) is -3.87. The third kappa shape index (κ3) is 1.32. The Morgan fingerprint density at radius 3 is 2.57 bits per heavy atom. The van der Waals surface area contributed by atoms with Gasteiger partial charge in [-0.3, -0.25) is 0 Å². The van der Waals surface area contributed by atoms with Gasteiger partial charge < -0.3 is 0 Å². The van der Waals surface area contributed by atoms with Gasteiger partial charge in [-0.05, 0) is 19.1 Å². The van der Waals surface area contributed by atoms with Crippen molar-refractivity contribution < 1.29 is 12.8 Å². The summed E-state index contributed by atoms with van der Waals surface area (Å²) in [5.41, 5.74) is 0.579. The van der Waals surface area contributed by atoms with Crippen LogP contribution in [0.4, 0.5) is 4.39 Å². The van der Waals surface area contributed by atoms with Crippen LogP contribution in [0.3, 0.4) is 0 Å². The van der Waals surface area contributed by atoms with Gasteiger partial charge in [-0.25, -0.2) is 17.8 Å². The van der Waals surface area contributed by atoms with E-state index in [1.54, 1.807) is 19.1 Å². The third-order valence-corrected chi connectivity index (χ3v) is 4.41. The Balaban J connectivity index is 2.50. The summed E-state index contributed by atoms with van der Waals surface area (Å²) in [5.74, 6) is 0. The van der Waals surface area contributed by atoms with Crippen LogP contribution < -0.4 is 0 Å². The first-order valence-corrected chi connectivity index (χ1v) is 5.81. The Hall–Kier alpha value is -0.970. The zero-order valence-corrected chi connectivity index (χ0v) is 8.51. The molecule has 1 fully saturated rings. The van der Waals surface area contributed by atoms with Gasteiger partial charge in [-0.15, -0.1) is 0 Å². The lowest BCUT2D eigenvalue weighted by molar-refractivity contribution is 0.401. The lowest BCUT2D eigenvalue weighted by Crippen LogP contribution is -2.19. The number of alkyl halides is 1. The van der Waals surface area contributed by atoms with E-state index in [4.69, 9.17) is 0 Å². The third-order valence-electron chi connectivity index (χ3n) is 2.26. The number of aryl methyl sites for hydroxylation is 1. The zero-order valence-electron chi connectivity index (χ0n) is 7.70. The van der Waals surface area contributed by atoms with E-state index in [2.05, 4.69) is 4.98 Å². The van der Waals surface area contributed by atoms with Gasteiger partial charge in [0.15, 0.2) is 5.03 Å². The van der Waals surface area contributed by atoms with E-state index in [9.17, 15) is 12.8 Å². The average Bonchev–Trinajstić information content (AvgIpc) is 2.85. The fraction of sp³-hybridized carbons (Fsp3) is 0.444. The Morgan fingerprint density at radius 2 is 2.07 bits per heavy atom. The fourth-order valence-electron chi connectivity index (χ4n) is 1.22. The Morgan fingerprint density at radius 1 is 1.43 bits per heavy atom. The van der Waals surface area contributed by atoms with Crippen molar-refractivity contribution in [2.24, 2.45) is 0 Å². The summed E-state index contributed by atoms with van der Waals surface area (Å²) in [5, 5.41) is -2.20. The van der Waals surface area contributed by atoms with Crippen LogP contribution in [-0.4, -0.2) is 18.4 Å². The van der Waals surface area contributed by atoms with Crippen molar-refractivity contribution in [2.75, 3.05) is 0 Å². The predicted octanol–water partition coefficient (Wildman–Crippen LogP) is 1.62. The maximum absolute atomic E-state index is 13.5. The molecule has 14 heavy (non-hydrogen) atoms. The second-order valence-electron chi connectivity index (χ2n) is 3.50. The van der Waals surface area contributed by atoms with Crippen molar-refractivity contribution in [3.8, 4) is 0 Å². The van der Waals surface area contributed by atoms with E-state index in [1.165, 1.54) is 6.07 Å². The van der Waals surface area contributed by atoms with Crippen molar-refractivity contribution in [3.05, 3.63) is 23.9 Å². The van der Waals surface area contributed by atoms with Gasteiger partial charge in [0.2, 0.25) is 14.8 Å². The van der Waals surface area contributed by atoms with Crippen LogP contribution >= 0.6 is 0 Å². The Kier molecular flexibility index (Phi) is 1.89. The highest BCUT2D eigenvalue weighted by molar-refractivity contribution is 7.92. The standard InChI is InChI=1S/C9H10FNO2S/c1-7-3-2-4-8(11-7)14(12,13)9(10)5-6-9/h2-4H,5-6H2,1H3. The molecule has 1 aliphatic rings. The molecule has 0 saturated heterocycles. The van der Waals surface area contributed by atoms with Gasteiger partial charge in [-0.1, -0.05) is 6.07 Å². The van der Waals surface area contributed by atoms with E-state index in [-0.39, 0.29) is 17.9 Å². The summed E-state index contributed by atoms with van der Waals surface area (Å²) in [6, 6.07) is 4.58. The second kappa shape index (κ2) is 2.76. The highest BCUT2D eigenvalue weighted by Gasteiger charge is 2.56. The summed E-state index contributed by atoms with van der Waals surface area (Å²) >= 11 is 0. The predicted molar refractivity (Wildman–Crippen MR) is 49.2 cm³/mol. The lowest BCUT2D eigenvalue weighted by atomic mass is 10.4. The molecule has 0 unspecified atom stereocenters. The normalized spacial score (nSPS) is 19.3. The minimum atomic E-state index is -3.87. The molecular formula is C9H10FNO2S. The first kappa shape index (κ1) is 9.58. The average molecular weight is 215 g/mol. The molecule has 2 rings (SSSR count). The molecule has 0 aromatic carbocycles. The molecule has 1 aromatic rings. The molecule has 1 heterocycles. The maximum Gasteiger partial charge on any atom is 0.230 e. The van der Waals surface area contributed by atoms with Crippen molar-refractivity contribution in [2.45, 2.75) is 29.8 Å². The van der Waals surface area contributed by atoms with E-state index in [0.29, 0.717) is 5.69 Å². The lowest BCUT2D eigenvalue weighted by Gasteiger charge is -2.06. The van der Waals surface area contributed by atoms with Crippen LogP contribution in [0.5, 0.6) is 0 Å². The molecule has 0 bridgehead atoms. The van der Waals surface area contributed by atoms with E-state index >= 15 is 0 Å². The van der Waals surface area contributed by atoms with Crippen LogP contribution in [0.25, 0.3) is 0 Å². The van der Waals surface area contributed by atoms with Crippen LogP contribution in [-0.2, 0) is 9.84 Å². The number of aromatic nitrogens is 1. The molecule has 5 heteroatoms. The van der Waals surface area contributed by atoms with Crippen molar-refractivity contribution in [3.63, 3.8) is 0 Å². The van der Waals surface area contributed by atoms with Crippen LogP contribution in [0.2, 0.25) is 0 Å². The smallest absolute Gasteiger partial charge is 0.230 e. The molecule has 0 amide bonds. The zero-order chi connectivity index (χ0) is 10.4. The highest BCUT2D eigenvalue weighted by atomic mass is 32.2. The molecule has 0 radical (unpaired) electrons. The van der Waals surface area contributed by atoms with Crippen LogP contribution in [0.15, 0.2) is 23.2 Å². The van der Waals surface area contributed by atoms with Crippen molar-refractivity contribution in [1.82, 2.24) is 4.98 Å². The number of nitrogens with zero attached hydrogens (tertiary/aromatic N) is 1. The summed E-state index contributed by atoms with van der Waals surface area (Å²) in [6.45, 7) is 1.68. The number of hydrogen-bond donors (Lipinski definition) is 0. The van der Waals surface area contributed by atoms with Gasteiger partial charge in [0, 0.05) is 18.5 Å². The number of rotatable bonds is 2. The van der Waals surface area contributed by atoms with Gasteiger partial charge in [0.1, 0.15) is 0 Å². The number of sulfone groups is 1. The minimum absolute atomic E-state index is 0.0882. The molecular weight excluding hydrogens is 205 g/mol. The summed E-state index contributed by atoms with van der Waals surface area (Å²) in [4.78, 5) is 3.82. The summed E-state index contributed by atoms with van der Waals surface area (Å²) in [6.07, 6.45) is 0.176. The molecule has 0 spiro atoms. The van der Waals surface area contributed by atoms with E-state index in [1.807, 2.05) is 0 Å². The van der Waals surface area contributed by atoms with Crippen molar-refractivity contribution >= 4 is 9.84 Å². The highest BCUT2D eigenvalue weighted by Crippen LogP contribution is 2.47. The first-order chi connectivity index (χ1) is 6.46. The molecule has 1 saturated carbocycles. The van der Waals surface area contributed by atoms with Crippen LogP contribution in [0, 0.1) is 6.92 Å². The monoisotopic (exact) mass is 215 g/mol. The molecule has 1 aliphatic carbocycles. The van der Waals surface area contributed by atoms with Gasteiger partial charge in [0.25, 0.3) is 0 Å². The van der Waals surface area contributed by atoms with Crippen molar-refractivity contribution in [1.29, 1.82) is 0 Å². The quantitative estimate of drug-likeness (QED) is 0.753. The fourth-order valence-corrected chi connectivity index (χ4v) is 2.76. The Bertz CT molecular complexity index is 465. The number of pyridine rings is 1. The molecule has 0 atom stereocenters. The maximum atomic E-state index is 13.5. The number of hydrogen-bond acceptors (Lipinski definition) is 3. The topological polar surface area (TPSA) is 47.0 Å². The molecule has 1 aromatic heterocycles. The summed E-state index contributed by atoms with van der Waals surface area (Å²) < 4.78 is 36.7. The minimum Gasteiger partial charge on any atom is -0.241 e. The molecule has 76 valence electrons. The van der Waals surface area contributed by atoms with E-state index in [0.717, 1.165) is 0 Å². The molecule has 3 nitrogen and oxygen atoms in total.